The highest BCUT2D eigenvalue weighted by Gasteiger charge is 2.21. The van der Waals surface area contributed by atoms with Gasteiger partial charge in [-0.1, -0.05) is 61.3 Å². The van der Waals surface area contributed by atoms with Gasteiger partial charge in [-0.15, -0.1) is 0 Å². The molecule has 3 rings (SSSR count). The number of esters is 1. The molecular weight excluding hydrogens is 504 g/mol. The van der Waals surface area contributed by atoms with Crippen LogP contribution in [-0.2, 0) is 22.5 Å². The van der Waals surface area contributed by atoms with Crippen LogP contribution in [0.1, 0.15) is 47.9 Å². The summed E-state index contributed by atoms with van der Waals surface area (Å²) in [7, 11) is 3.07. The molecule has 0 heterocycles. The predicted molar refractivity (Wildman–Crippen MR) is 152 cm³/mol. The van der Waals surface area contributed by atoms with Crippen LogP contribution in [0.5, 0.6) is 5.75 Å². The van der Waals surface area contributed by atoms with Gasteiger partial charge in [-0.05, 0) is 52.9 Å². The Morgan fingerprint density at radius 1 is 1.08 bits per heavy atom. The van der Waals surface area contributed by atoms with E-state index in [0.717, 1.165) is 40.8 Å². The number of hydrogen-bond donors (Lipinski definition) is 3. The van der Waals surface area contributed by atoms with Gasteiger partial charge in [0.1, 0.15) is 12.4 Å². The standard InChI is InChI=1S/C29H37ClN4O4/c1-4-7-20-8-5-6-9-28(20)38-15-14-34(36)19-23-16-21(10-12-25(23)30)24(18-29(35)37-3)22-11-13-27(33(2)32)26(31)17-22/h5-6,8-13,16-17,24,36H,4,7,14-15,18-19,31-32H2,1-3H3. The maximum absolute atomic E-state index is 12.3. The van der Waals surface area contributed by atoms with Crippen LogP contribution in [0.15, 0.2) is 60.7 Å². The van der Waals surface area contributed by atoms with E-state index in [2.05, 4.69) is 13.0 Å². The number of hydrogen-bond acceptors (Lipinski definition) is 8. The zero-order valence-corrected chi connectivity index (χ0v) is 22.9. The van der Waals surface area contributed by atoms with Gasteiger partial charge in [0.05, 0.1) is 38.0 Å². The number of nitrogens with zero attached hydrogens (tertiary/aromatic N) is 2. The molecule has 1 unspecified atom stereocenters. The van der Waals surface area contributed by atoms with E-state index < -0.39 is 0 Å². The van der Waals surface area contributed by atoms with Crippen LogP contribution in [0.4, 0.5) is 11.4 Å². The molecule has 0 amide bonds. The quantitative estimate of drug-likeness (QED) is 0.118. The molecular formula is C29H37ClN4O4. The number of rotatable bonds is 13. The fourth-order valence-electron chi connectivity index (χ4n) is 4.38. The zero-order chi connectivity index (χ0) is 27.7. The monoisotopic (exact) mass is 540 g/mol. The number of aryl methyl sites for hydroxylation is 1. The molecule has 0 fully saturated rings. The Morgan fingerprint density at radius 2 is 1.79 bits per heavy atom. The fraction of sp³-hybridized carbons (Fsp3) is 0.345. The van der Waals surface area contributed by atoms with Crippen LogP contribution in [0.25, 0.3) is 0 Å². The molecule has 38 heavy (non-hydrogen) atoms. The Labute approximate surface area is 229 Å². The molecule has 0 aliphatic heterocycles. The highest BCUT2D eigenvalue weighted by Crippen LogP contribution is 2.34. The van der Waals surface area contributed by atoms with E-state index in [-0.39, 0.29) is 31.4 Å². The van der Waals surface area contributed by atoms with E-state index >= 15 is 0 Å². The van der Waals surface area contributed by atoms with Crippen molar-refractivity contribution in [3.63, 3.8) is 0 Å². The molecule has 0 aromatic heterocycles. The lowest BCUT2D eigenvalue weighted by Crippen LogP contribution is -2.26. The summed E-state index contributed by atoms with van der Waals surface area (Å²) in [6.45, 7) is 2.93. The van der Waals surface area contributed by atoms with Crippen LogP contribution in [-0.4, -0.2) is 43.5 Å². The topological polar surface area (TPSA) is 114 Å². The first-order chi connectivity index (χ1) is 18.2. The Morgan fingerprint density at radius 3 is 2.47 bits per heavy atom. The van der Waals surface area contributed by atoms with E-state index in [0.29, 0.717) is 23.0 Å². The van der Waals surface area contributed by atoms with Crippen LogP contribution >= 0.6 is 11.6 Å². The lowest BCUT2D eigenvalue weighted by atomic mass is 9.87. The summed E-state index contributed by atoms with van der Waals surface area (Å²) < 4.78 is 10.9. The molecule has 204 valence electrons. The number of hydroxylamine groups is 2. The molecule has 0 radical (unpaired) electrons. The highest BCUT2D eigenvalue weighted by molar-refractivity contribution is 6.31. The molecule has 8 nitrogen and oxygen atoms in total. The SMILES string of the molecule is CCCc1ccccc1OCCN(O)Cc1cc(C(CC(=O)OC)c2ccc(N(C)N)c(N)c2)ccc1Cl. The van der Waals surface area contributed by atoms with Crippen LogP contribution < -0.4 is 21.3 Å². The fourth-order valence-corrected chi connectivity index (χ4v) is 4.56. The summed E-state index contributed by atoms with van der Waals surface area (Å²) in [5, 5.41) is 13.7. The number of halogens is 1. The minimum atomic E-state index is -0.352. The van der Waals surface area contributed by atoms with Gasteiger partial charge < -0.3 is 25.4 Å². The number of nitrogens with two attached hydrogens (primary N) is 2. The minimum absolute atomic E-state index is 0.114. The molecule has 3 aromatic rings. The molecule has 5 N–H and O–H groups in total. The largest absolute Gasteiger partial charge is 0.492 e. The first-order valence-electron chi connectivity index (χ1n) is 12.6. The maximum atomic E-state index is 12.3. The molecule has 0 spiro atoms. The Balaban J connectivity index is 1.76. The van der Waals surface area contributed by atoms with E-state index in [1.807, 2.05) is 48.5 Å². The van der Waals surface area contributed by atoms with Crippen molar-refractivity contribution in [2.45, 2.75) is 38.6 Å². The van der Waals surface area contributed by atoms with Crippen molar-refractivity contribution in [2.24, 2.45) is 5.84 Å². The molecule has 9 heteroatoms. The number of carbonyl (C=O) groups is 1. The number of ether oxygens (including phenoxy) is 2. The van der Waals surface area contributed by atoms with E-state index in [1.165, 1.54) is 17.2 Å². The second-order valence-corrected chi connectivity index (χ2v) is 9.61. The summed E-state index contributed by atoms with van der Waals surface area (Å²) in [6.07, 6.45) is 2.08. The predicted octanol–water partition coefficient (Wildman–Crippen LogP) is 5.15. The van der Waals surface area contributed by atoms with E-state index in [1.54, 1.807) is 13.1 Å². The van der Waals surface area contributed by atoms with Gasteiger partial charge >= 0.3 is 5.97 Å². The number of hydrazine groups is 1. The number of carbonyl (C=O) groups excluding carboxylic acids is 1. The molecule has 1 atom stereocenters. The third-order valence-electron chi connectivity index (χ3n) is 6.36. The van der Waals surface area contributed by atoms with Gasteiger partial charge in [0, 0.05) is 18.0 Å². The summed E-state index contributed by atoms with van der Waals surface area (Å²) >= 11 is 6.49. The first kappa shape index (κ1) is 29.3. The van der Waals surface area contributed by atoms with E-state index in [4.69, 9.17) is 32.7 Å². The molecule has 0 aliphatic carbocycles. The normalized spacial score (nSPS) is 11.9. The first-order valence-corrected chi connectivity index (χ1v) is 13.0. The summed E-state index contributed by atoms with van der Waals surface area (Å²) in [5.74, 6) is 6.00. The molecule has 3 aromatic carbocycles. The maximum Gasteiger partial charge on any atom is 0.306 e. The van der Waals surface area contributed by atoms with Crippen molar-refractivity contribution in [3.8, 4) is 5.75 Å². The highest BCUT2D eigenvalue weighted by atomic mass is 35.5. The molecule has 0 saturated heterocycles. The third kappa shape index (κ3) is 7.85. The van der Waals surface area contributed by atoms with Gasteiger partial charge in [-0.3, -0.25) is 4.79 Å². The number of nitrogen functional groups attached to an aromatic ring is 1. The average molecular weight is 541 g/mol. The van der Waals surface area contributed by atoms with Crippen molar-refractivity contribution in [3.05, 3.63) is 87.9 Å². The van der Waals surface area contributed by atoms with Crippen molar-refractivity contribution >= 4 is 28.9 Å². The second kappa shape index (κ2) is 14.0. The number of methoxy groups -OCH3 is 1. The van der Waals surface area contributed by atoms with Crippen LogP contribution in [0.2, 0.25) is 5.02 Å². The van der Waals surface area contributed by atoms with Gasteiger partial charge in [-0.25, -0.2) is 5.84 Å². The lowest BCUT2D eigenvalue weighted by Gasteiger charge is -2.22. The third-order valence-corrected chi connectivity index (χ3v) is 6.73. The van der Waals surface area contributed by atoms with Gasteiger partial charge in [0.25, 0.3) is 0 Å². The van der Waals surface area contributed by atoms with Gasteiger partial charge in [-0.2, -0.15) is 5.06 Å². The van der Waals surface area contributed by atoms with Crippen LogP contribution in [0, 0.1) is 0 Å². The van der Waals surface area contributed by atoms with Crippen LogP contribution in [0.3, 0.4) is 0 Å². The van der Waals surface area contributed by atoms with Gasteiger partial charge in [0.15, 0.2) is 0 Å². The minimum Gasteiger partial charge on any atom is -0.492 e. The van der Waals surface area contributed by atoms with Crippen molar-refractivity contribution in [1.82, 2.24) is 5.06 Å². The Bertz CT molecular complexity index is 1220. The van der Waals surface area contributed by atoms with Crippen molar-refractivity contribution < 1.29 is 19.5 Å². The molecule has 0 bridgehead atoms. The van der Waals surface area contributed by atoms with Crippen molar-refractivity contribution in [1.29, 1.82) is 0 Å². The number of anilines is 2. The molecule has 0 aliphatic rings. The number of benzene rings is 3. The average Bonchev–Trinajstić information content (AvgIpc) is 2.89. The zero-order valence-electron chi connectivity index (χ0n) is 22.2. The molecule has 0 saturated carbocycles. The smallest absolute Gasteiger partial charge is 0.306 e. The summed E-state index contributed by atoms with van der Waals surface area (Å²) in [6, 6.07) is 19.0. The van der Waals surface area contributed by atoms with Gasteiger partial charge in [0.2, 0.25) is 0 Å². The number of para-hydroxylation sites is 1. The second-order valence-electron chi connectivity index (χ2n) is 9.21. The lowest BCUT2D eigenvalue weighted by molar-refractivity contribution is -0.140. The Kier molecular flexibility index (Phi) is 10.8. The summed E-state index contributed by atoms with van der Waals surface area (Å²) in [5.41, 5.74) is 11.0. The Hall–Kier alpha value is -3.30. The van der Waals surface area contributed by atoms with E-state index in [9.17, 15) is 10.0 Å². The van der Waals surface area contributed by atoms with Crippen molar-refractivity contribution in [2.75, 3.05) is 38.1 Å². The summed E-state index contributed by atoms with van der Waals surface area (Å²) in [4.78, 5) is 12.3.